The third-order valence-electron chi connectivity index (χ3n) is 2.56. The highest BCUT2D eigenvalue weighted by Crippen LogP contribution is 2.21. The van der Waals surface area contributed by atoms with Crippen LogP contribution in [-0.4, -0.2) is 42.0 Å². The second-order valence-electron chi connectivity index (χ2n) is 4.08. The molecule has 1 aliphatic rings. The molecule has 0 aliphatic carbocycles. The number of amides is 2. The quantitative estimate of drug-likeness (QED) is 0.816. The second kappa shape index (κ2) is 5.37. The Balaban J connectivity index is 2.46. The number of nitrogens with zero attached hydrogens (tertiary/aromatic N) is 1. The number of halogens is 3. The van der Waals surface area contributed by atoms with Crippen LogP contribution in [0.5, 0.6) is 0 Å². The predicted molar refractivity (Wildman–Crippen MR) is 54.1 cm³/mol. The Bertz CT molecular complexity index is 304. The van der Waals surface area contributed by atoms with E-state index in [1.54, 1.807) is 0 Å². The first-order chi connectivity index (χ1) is 7.79. The second-order valence-corrected chi connectivity index (χ2v) is 4.08. The van der Waals surface area contributed by atoms with Gasteiger partial charge in [0.05, 0.1) is 0 Å². The normalized spacial score (nSPS) is 22.4. The summed E-state index contributed by atoms with van der Waals surface area (Å²) in [7, 11) is 0. The van der Waals surface area contributed by atoms with Crippen LogP contribution in [0.3, 0.4) is 0 Å². The van der Waals surface area contributed by atoms with Crippen LogP contribution in [0.4, 0.5) is 13.2 Å². The maximum absolute atomic E-state index is 12.0. The zero-order valence-electron chi connectivity index (χ0n) is 9.51. The summed E-state index contributed by atoms with van der Waals surface area (Å²) in [4.78, 5) is 24.1. The van der Waals surface area contributed by atoms with Gasteiger partial charge in [-0.2, -0.15) is 13.2 Å². The van der Waals surface area contributed by atoms with Crippen molar-refractivity contribution in [1.29, 1.82) is 0 Å². The molecule has 1 rings (SSSR count). The van der Waals surface area contributed by atoms with Crippen molar-refractivity contribution in [3.63, 3.8) is 0 Å². The van der Waals surface area contributed by atoms with Gasteiger partial charge < -0.3 is 10.2 Å². The standard InChI is InChI=1S/C10H15F3N2O2/c1-7-9(17)15(6-3-8(16)14-7)5-2-4-10(11,12)13/h7H,2-6H2,1H3,(H,14,16). The molecule has 1 fully saturated rings. The van der Waals surface area contributed by atoms with Crippen LogP contribution < -0.4 is 5.32 Å². The molecule has 1 heterocycles. The van der Waals surface area contributed by atoms with Gasteiger partial charge in [-0.15, -0.1) is 0 Å². The maximum Gasteiger partial charge on any atom is 0.389 e. The fourth-order valence-electron chi connectivity index (χ4n) is 1.69. The number of hydrogen-bond acceptors (Lipinski definition) is 2. The molecule has 7 heteroatoms. The maximum atomic E-state index is 12.0. The fraction of sp³-hybridized carbons (Fsp3) is 0.800. The average molecular weight is 252 g/mol. The number of rotatable bonds is 3. The van der Waals surface area contributed by atoms with E-state index in [0.717, 1.165) is 0 Å². The van der Waals surface area contributed by atoms with E-state index in [0.29, 0.717) is 0 Å². The molecule has 1 saturated heterocycles. The minimum absolute atomic E-state index is 0.0393. The summed E-state index contributed by atoms with van der Waals surface area (Å²) in [5, 5.41) is 2.48. The van der Waals surface area contributed by atoms with E-state index >= 15 is 0 Å². The number of hydrogen-bond donors (Lipinski definition) is 1. The molecule has 0 saturated carbocycles. The molecule has 0 aromatic carbocycles. The summed E-state index contributed by atoms with van der Waals surface area (Å²) in [5.74, 6) is -0.567. The largest absolute Gasteiger partial charge is 0.389 e. The Morgan fingerprint density at radius 1 is 1.41 bits per heavy atom. The van der Waals surface area contributed by atoms with Gasteiger partial charge in [0.1, 0.15) is 6.04 Å². The Morgan fingerprint density at radius 2 is 2.06 bits per heavy atom. The summed E-state index contributed by atoms with van der Waals surface area (Å²) < 4.78 is 35.9. The third-order valence-corrected chi connectivity index (χ3v) is 2.56. The fourth-order valence-corrected chi connectivity index (χ4v) is 1.69. The molecule has 1 N–H and O–H groups in total. The van der Waals surface area contributed by atoms with Gasteiger partial charge in [-0.05, 0) is 13.3 Å². The first-order valence-corrected chi connectivity index (χ1v) is 5.44. The van der Waals surface area contributed by atoms with Gasteiger partial charge in [-0.1, -0.05) is 0 Å². The SMILES string of the molecule is CC1NC(=O)CCN(CCCC(F)(F)F)C1=O. The van der Waals surface area contributed by atoms with Crippen molar-refractivity contribution in [3.8, 4) is 0 Å². The molecule has 4 nitrogen and oxygen atoms in total. The minimum Gasteiger partial charge on any atom is -0.345 e. The van der Waals surface area contributed by atoms with Crippen molar-refractivity contribution < 1.29 is 22.8 Å². The predicted octanol–water partition coefficient (Wildman–Crippen LogP) is 1.07. The molecule has 17 heavy (non-hydrogen) atoms. The highest BCUT2D eigenvalue weighted by atomic mass is 19.4. The van der Waals surface area contributed by atoms with Crippen LogP contribution in [0, 0.1) is 0 Å². The van der Waals surface area contributed by atoms with Crippen LogP contribution in [0.1, 0.15) is 26.2 Å². The zero-order valence-corrected chi connectivity index (χ0v) is 9.51. The molecule has 98 valence electrons. The van der Waals surface area contributed by atoms with Crippen molar-refractivity contribution in [2.24, 2.45) is 0 Å². The van der Waals surface area contributed by atoms with E-state index in [1.165, 1.54) is 11.8 Å². The number of carbonyl (C=O) groups excluding carboxylic acids is 2. The summed E-state index contributed by atoms with van der Waals surface area (Å²) >= 11 is 0. The Kier molecular flexibility index (Phi) is 4.36. The minimum atomic E-state index is -4.20. The van der Waals surface area contributed by atoms with Crippen LogP contribution in [-0.2, 0) is 9.59 Å². The molecule has 0 bridgehead atoms. The highest BCUT2D eigenvalue weighted by Gasteiger charge is 2.29. The average Bonchev–Trinajstić information content (AvgIpc) is 2.29. The first-order valence-electron chi connectivity index (χ1n) is 5.44. The van der Waals surface area contributed by atoms with E-state index in [-0.39, 0.29) is 37.7 Å². The zero-order chi connectivity index (χ0) is 13.1. The molecule has 1 atom stereocenters. The molecule has 0 aromatic rings. The molecule has 0 aromatic heterocycles. The molecule has 2 amide bonds. The van der Waals surface area contributed by atoms with Crippen molar-refractivity contribution >= 4 is 11.8 Å². The lowest BCUT2D eigenvalue weighted by Crippen LogP contribution is -2.43. The van der Waals surface area contributed by atoms with E-state index in [1.807, 2.05) is 0 Å². The molecule has 0 spiro atoms. The van der Waals surface area contributed by atoms with Gasteiger partial charge in [0.2, 0.25) is 11.8 Å². The van der Waals surface area contributed by atoms with Gasteiger partial charge in [0, 0.05) is 25.9 Å². The van der Waals surface area contributed by atoms with Crippen LogP contribution in [0.25, 0.3) is 0 Å². The number of carbonyl (C=O) groups is 2. The third kappa shape index (κ3) is 4.62. The van der Waals surface area contributed by atoms with Crippen LogP contribution in [0.15, 0.2) is 0 Å². The summed E-state index contributed by atoms with van der Waals surface area (Å²) in [6.07, 6.45) is -5.10. The lowest BCUT2D eigenvalue weighted by molar-refractivity contribution is -0.140. The molecular formula is C10H15F3N2O2. The van der Waals surface area contributed by atoms with Crippen LogP contribution >= 0.6 is 0 Å². The molecular weight excluding hydrogens is 237 g/mol. The lowest BCUT2D eigenvalue weighted by Gasteiger charge is -2.22. The van der Waals surface area contributed by atoms with Gasteiger partial charge in [0.25, 0.3) is 0 Å². The molecule has 1 unspecified atom stereocenters. The van der Waals surface area contributed by atoms with Gasteiger partial charge in [0.15, 0.2) is 0 Å². The topological polar surface area (TPSA) is 49.4 Å². The first kappa shape index (κ1) is 13.8. The molecule has 1 aliphatic heterocycles. The Hall–Kier alpha value is -1.27. The van der Waals surface area contributed by atoms with Gasteiger partial charge in [-0.25, -0.2) is 0 Å². The summed E-state index contributed by atoms with van der Waals surface area (Å²) in [5.41, 5.74) is 0. The Morgan fingerprint density at radius 3 is 2.65 bits per heavy atom. The van der Waals surface area contributed by atoms with Crippen molar-refractivity contribution in [2.75, 3.05) is 13.1 Å². The highest BCUT2D eigenvalue weighted by molar-refractivity contribution is 5.89. The van der Waals surface area contributed by atoms with Gasteiger partial charge in [-0.3, -0.25) is 9.59 Å². The van der Waals surface area contributed by atoms with Crippen LogP contribution in [0.2, 0.25) is 0 Å². The van der Waals surface area contributed by atoms with E-state index < -0.39 is 18.6 Å². The summed E-state index contributed by atoms with van der Waals surface area (Å²) in [6.45, 7) is 1.76. The number of nitrogens with one attached hydrogen (secondary N) is 1. The summed E-state index contributed by atoms with van der Waals surface area (Å²) in [6, 6.07) is -0.657. The monoisotopic (exact) mass is 252 g/mol. The van der Waals surface area contributed by atoms with Crippen molar-refractivity contribution in [2.45, 2.75) is 38.4 Å². The Labute approximate surface area is 97.1 Å². The van der Waals surface area contributed by atoms with Crippen molar-refractivity contribution in [3.05, 3.63) is 0 Å². The smallest absolute Gasteiger partial charge is 0.345 e. The van der Waals surface area contributed by atoms with E-state index in [4.69, 9.17) is 0 Å². The van der Waals surface area contributed by atoms with E-state index in [2.05, 4.69) is 5.32 Å². The lowest BCUT2D eigenvalue weighted by atomic mass is 10.2. The number of alkyl halides is 3. The van der Waals surface area contributed by atoms with Crippen molar-refractivity contribution in [1.82, 2.24) is 10.2 Å². The molecule has 0 radical (unpaired) electrons. The van der Waals surface area contributed by atoms with E-state index in [9.17, 15) is 22.8 Å². The van der Waals surface area contributed by atoms with Gasteiger partial charge >= 0.3 is 6.18 Å².